The van der Waals surface area contributed by atoms with Crippen LogP contribution in [-0.2, 0) is 17.2 Å². The molecule has 232 valence electrons. The van der Waals surface area contributed by atoms with Crippen LogP contribution in [0.5, 0.6) is 5.75 Å². The third kappa shape index (κ3) is 8.66. The standard InChI is InChI=1S/C31H42ClN7O3S/c1-20(2)42-27-17-22(11-12-39-15-13-38(6)14-16-39)23(30(40)33-5)18-26(27)36-31-34-19-24(32)29(37-31)35-25-9-7-8-10-28(25)43(41)21(3)4/h7-10,17-21H,11-16H2,1-6H3,(H,33,40)(H2,34,35,36,37). The number of amides is 1. The Morgan fingerprint density at radius 2 is 1.79 bits per heavy atom. The van der Waals surface area contributed by atoms with E-state index in [1.54, 1.807) is 13.1 Å². The molecule has 1 amide bonds. The van der Waals surface area contributed by atoms with E-state index in [4.69, 9.17) is 16.3 Å². The predicted octanol–water partition coefficient (Wildman–Crippen LogP) is 5.07. The van der Waals surface area contributed by atoms with E-state index in [1.165, 1.54) is 6.20 Å². The number of hydrogen-bond donors (Lipinski definition) is 3. The molecule has 3 aromatic rings. The second kappa shape index (κ2) is 15.0. The molecule has 1 aromatic heterocycles. The molecule has 0 saturated carbocycles. The highest BCUT2D eigenvalue weighted by Crippen LogP contribution is 2.34. The van der Waals surface area contributed by atoms with Gasteiger partial charge in [0.05, 0.1) is 39.4 Å². The second-order valence-electron chi connectivity index (χ2n) is 11.1. The highest BCUT2D eigenvalue weighted by molar-refractivity contribution is 7.85. The molecule has 0 spiro atoms. The largest absolute Gasteiger partial charge is 0.489 e. The van der Waals surface area contributed by atoms with E-state index in [9.17, 15) is 9.00 Å². The summed E-state index contributed by atoms with van der Waals surface area (Å²) in [6.45, 7) is 12.7. The van der Waals surface area contributed by atoms with E-state index in [1.807, 2.05) is 58.0 Å². The van der Waals surface area contributed by atoms with Crippen molar-refractivity contribution in [2.45, 2.75) is 50.4 Å². The summed E-state index contributed by atoms with van der Waals surface area (Å²) >= 11 is 6.48. The van der Waals surface area contributed by atoms with E-state index in [-0.39, 0.29) is 23.2 Å². The maximum absolute atomic E-state index is 13.0. The zero-order chi connectivity index (χ0) is 31.1. The Hall–Kier alpha value is -3.25. The average Bonchev–Trinajstić information content (AvgIpc) is 2.98. The van der Waals surface area contributed by atoms with Gasteiger partial charge in [-0.2, -0.15) is 4.98 Å². The number of likely N-dealkylation sites (N-methyl/N-ethyl adjacent to an activating group) is 1. The molecular weight excluding hydrogens is 586 g/mol. The third-order valence-corrected chi connectivity index (χ3v) is 9.03. The number of para-hydroxylation sites is 1. The summed E-state index contributed by atoms with van der Waals surface area (Å²) < 4.78 is 19.1. The highest BCUT2D eigenvalue weighted by atomic mass is 35.5. The van der Waals surface area contributed by atoms with Gasteiger partial charge < -0.3 is 30.5 Å². The van der Waals surface area contributed by atoms with Crippen molar-refractivity contribution < 1.29 is 13.7 Å². The molecule has 1 aliphatic heterocycles. The average molecular weight is 628 g/mol. The van der Waals surface area contributed by atoms with E-state index in [0.29, 0.717) is 44.8 Å². The smallest absolute Gasteiger partial charge is 0.251 e. The molecule has 0 radical (unpaired) electrons. The van der Waals surface area contributed by atoms with Gasteiger partial charge >= 0.3 is 0 Å². The van der Waals surface area contributed by atoms with Crippen LogP contribution in [0.25, 0.3) is 0 Å². The molecule has 1 saturated heterocycles. The summed E-state index contributed by atoms with van der Waals surface area (Å²) in [5.41, 5.74) is 2.68. The van der Waals surface area contributed by atoms with Crippen LogP contribution >= 0.6 is 11.6 Å². The van der Waals surface area contributed by atoms with E-state index in [0.717, 1.165) is 38.3 Å². The molecule has 2 heterocycles. The molecule has 0 bridgehead atoms. The molecule has 1 unspecified atom stereocenters. The number of carbonyl (C=O) groups is 1. The maximum Gasteiger partial charge on any atom is 0.251 e. The molecule has 4 rings (SSSR count). The number of anilines is 4. The quantitative estimate of drug-likeness (QED) is 0.253. The topological polar surface area (TPSA) is 112 Å². The first kappa shape index (κ1) is 32.7. The SMILES string of the molecule is CNC(=O)c1cc(Nc2ncc(Cl)c(Nc3ccccc3S(=O)C(C)C)n2)c(OC(C)C)cc1CCN1CCN(C)CC1. The Morgan fingerprint density at radius 3 is 2.47 bits per heavy atom. The van der Waals surface area contributed by atoms with Gasteiger partial charge in [0.15, 0.2) is 5.82 Å². The lowest BCUT2D eigenvalue weighted by molar-refractivity contribution is 0.0961. The van der Waals surface area contributed by atoms with Gasteiger partial charge in [-0.15, -0.1) is 0 Å². The van der Waals surface area contributed by atoms with Crippen molar-refractivity contribution in [3.63, 3.8) is 0 Å². The number of piperazine rings is 1. The zero-order valence-corrected chi connectivity index (χ0v) is 27.3. The van der Waals surface area contributed by atoms with E-state index < -0.39 is 10.8 Å². The van der Waals surface area contributed by atoms with Crippen LogP contribution in [0, 0.1) is 0 Å². The van der Waals surface area contributed by atoms with Crippen LogP contribution in [0.15, 0.2) is 47.5 Å². The van der Waals surface area contributed by atoms with Gasteiger partial charge in [-0.1, -0.05) is 37.6 Å². The first-order valence-electron chi connectivity index (χ1n) is 14.6. The molecule has 1 fully saturated rings. The number of nitrogens with one attached hydrogen (secondary N) is 3. The first-order chi connectivity index (χ1) is 20.5. The normalized spacial score (nSPS) is 15.0. The van der Waals surface area contributed by atoms with Gasteiger partial charge in [-0.05, 0) is 57.1 Å². The van der Waals surface area contributed by atoms with Crippen LogP contribution in [0.4, 0.5) is 23.1 Å². The van der Waals surface area contributed by atoms with Gasteiger partial charge in [0.25, 0.3) is 5.91 Å². The van der Waals surface area contributed by atoms with Crippen LogP contribution in [0.1, 0.15) is 43.6 Å². The molecule has 3 N–H and O–H groups in total. The Balaban J connectivity index is 1.64. The van der Waals surface area contributed by atoms with Gasteiger partial charge in [0.1, 0.15) is 10.8 Å². The van der Waals surface area contributed by atoms with Crippen molar-refractivity contribution in [1.82, 2.24) is 25.1 Å². The number of halogens is 1. The molecule has 1 aliphatic rings. The molecule has 10 nitrogen and oxygen atoms in total. The molecule has 2 aromatic carbocycles. The summed E-state index contributed by atoms with van der Waals surface area (Å²) in [6.07, 6.45) is 2.11. The monoisotopic (exact) mass is 627 g/mol. The van der Waals surface area contributed by atoms with Crippen molar-refractivity contribution in [2.24, 2.45) is 0 Å². The Kier molecular flexibility index (Phi) is 11.4. The predicted molar refractivity (Wildman–Crippen MR) is 175 cm³/mol. The number of aromatic nitrogens is 2. The molecule has 12 heteroatoms. The fraction of sp³-hybridized carbons (Fsp3) is 0.452. The van der Waals surface area contributed by atoms with Crippen LogP contribution in [0.2, 0.25) is 5.02 Å². The first-order valence-corrected chi connectivity index (χ1v) is 16.2. The lowest BCUT2D eigenvalue weighted by atomic mass is 10.0. The minimum absolute atomic E-state index is 0.0560. The number of benzene rings is 2. The minimum Gasteiger partial charge on any atom is -0.489 e. The van der Waals surface area contributed by atoms with Crippen LogP contribution in [0.3, 0.4) is 0 Å². The molecular formula is C31H42ClN7O3S. The second-order valence-corrected chi connectivity index (χ2v) is 13.5. The molecule has 1 atom stereocenters. The van der Waals surface area contributed by atoms with Gasteiger partial charge in [0, 0.05) is 50.6 Å². The van der Waals surface area contributed by atoms with E-state index in [2.05, 4.69) is 42.8 Å². The zero-order valence-electron chi connectivity index (χ0n) is 25.7. The summed E-state index contributed by atoms with van der Waals surface area (Å²) in [4.78, 5) is 27.4. The van der Waals surface area contributed by atoms with Crippen molar-refractivity contribution >= 4 is 51.4 Å². The van der Waals surface area contributed by atoms with Crippen molar-refractivity contribution in [2.75, 3.05) is 57.5 Å². The number of hydrogen-bond acceptors (Lipinski definition) is 9. The van der Waals surface area contributed by atoms with E-state index >= 15 is 0 Å². The summed E-state index contributed by atoms with van der Waals surface area (Å²) in [5, 5.41) is 9.49. The Bertz CT molecular complexity index is 1440. The molecule has 43 heavy (non-hydrogen) atoms. The lowest BCUT2D eigenvalue weighted by Crippen LogP contribution is -2.45. The fourth-order valence-corrected chi connectivity index (χ4v) is 5.93. The highest BCUT2D eigenvalue weighted by Gasteiger charge is 2.21. The lowest BCUT2D eigenvalue weighted by Gasteiger charge is -2.32. The fourth-order valence-electron chi connectivity index (χ4n) is 4.74. The van der Waals surface area contributed by atoms with Crippen molar-refractivity contribution in [1.29, 1.82) is 0 Å². The Morgan fingerprint density at radius 1 is 1.07 bits per heavy atom. The minimum atomic E-state index is -1.21. The summed E-state index contributed by atoms with van der Waals surface area (Å²) in [7, 11) is 2.55. The number of nitrogens with zero attached hydrogens (tertiary/aromatic N) is 4. The summed E-state index contributed by atoms with van der Waals surface area (Å²) in [5.74, 6) is 1.04. The van der Waals surface area contributed by atoms with Crippen LogP contribution in [-0.4, -0.2) is 88.1 Å². The number of ether oxygens (including phenoxy) is 1. The Labute approximate surface area is 262 Å². The van der Waals surface area contributed by atoms with Crippen molar-refractivity contribution in [3.8, 4) is 5.75 Å². The third-order valence-electron chi connectivity index (χ3n) is 7.11. The summed E-state index contributed by atoms with van der Waals surface area (Å²) in [6, 6.07) is 11.1. The van der Waals surface area contributed by atoms with Gasteiger partial charge in [-0.25, -0.2) is 4.98 Å². The molecule has 0 aliphatic carbocycles. The van der Waals surface area contributed by atoms with Crippen LogP contribution < -0.4 is 20.7 Å². The van der Waals surface area contributed by atoms with Gasteiger partial charge in [-0.3, -0.25) is 9.00 Å². The maximum atomic E-state index is 13.0. The van der Waals surface area contributed by atoms with Crippen molar-refractivity contribution in [3.05, 3.63) is 58.7 Å². The number of carbonyl (C=O) groups excluding carboxylic acids is 1. The number of rotatable bonds is 12. The van der Waals surface area contributed by atoms with Gasteiger partial charge in [0.2, 0.25) is 5.95 Å².